The summed E-state index contributed by atoms with van der Waals surface area (Å²) in [7, 11) is 0. The Morgan fingerprint density at radius 1 is 1.20 bits per heavy atom. The minimum atomic E-state index is -0.315. The van der Waals surface area contributed by atoms with E-state index in [0.29, 0.717) is 42.8 Å². The number of ketones is 1. The monoisotopic (exact) mass is 479 g/mol. The van der Waals surface area contributed by atoms with E-state index in [9.17, 15) is 20.0 Å². The van der Waals surface area contributed by atoms with Crippen molar-refractivity contribution >= 4 is 34.3 Å². The maximum atomic E-state index is 13.3. The fourth-order valence-electron chi connectivity index (χ4n) is 5.13. The van der Waals surface area contributed by atoms with E-state index in [1.165, 1.54) is 18.2 Å². The summed E-state index contributed by atoms with van der Waals surface area (Å²) in [6.45, 7) is 5.42. The van der Waals surface area contributed by atoms with Crippen molar-refractivity contribution in [2.24, 2.45) is 0 Å². The minimum absolute atomic E-state index is 0.0189. The van der Waals surface area contributed by atoms with Crippen LogP contribution >= 0.6 is 0 Å². The number of nitrogens with zero attached hydrogens (tertiary/aromatic N) is 6. The fourth-order valence-corrected chi connectivity index (χ4v) is 5.13. The highest BCUT2D eigenvalue weighted by atomic mass is 16.5. The van der Waals surface area contributed by atoms with E-state index in [1.807, 2.05) is 11.0 Å². The largest absolute Gasteiger partial charge is 0.711 e. The molecule has 0 spiro atoms. The van der Waals surface area contributed by atoms with Crippen LogP contribution in [0.25, 0.3) is 11.0 Å². The van der Waals surface area contributed by atoms with Gasteiger partial charge in [0.1, 0.15) is 6.20 Å². The van der Waals surface area contributed by atoms with Gasteiger partial charge in [0.15, 0.2) is 11.4 Å². The second kappa shape index (κ2) is 9.23. The smallest absolute Gasteiger partial charge is 0.320 e. The topological polar surface area (TPSA) is 131 Å². The number of carbonyl (C=O) groups excluding carboxylic acids is 1. The van der Waals surface area contributed by atoms with E-state index < -0.39 is 0 Å². The Bertz CT molecular complexity index is 1340. The molecule has 3 aromatic heterocycles. The lowest BCUT2D eigenvalue weighted by Crippen LogP contribution is -2.45. The molecule has 11 heteroatoms. The highest BCUT2D eigenvalue weighted by Crippen LogP contribution is 2.32. The molecule has 1 aliphatic heterocycles. The molecule has 0 unspecified atom stereocenters. The summed E-state index contributed by atoms with van der Waals surface area (Å²) < 4.78 is 2.37. The number of fused-ring (bicyclic) bond motifs is 1. The molecule has 4 heterocycles. The quantitative estimate of drug-likeness (QED) is 0.321. The number of carbonyl (C=O) groups is 1. The molecule has 1 aliphatic carbocycles. The molecule has 0 bridgehead atoms. The molecule has 2 aliphatic rings. The van der Waals surface area contributed by atoms with Crippen molar-refractivity contribution in [2.75, 3.05) is 36.4 Å². The summed E-state index contributed by atoms with van der Waals surface area (Å²) in [5, 5.41) is 27.2. The summed E-state index contributed by atoms with van der Waals surface area (Å²) in [5.41, 5.74) is 1.68. The second-order valence-corrected chi connectivity index (χ2v) is 9.26. The second-order valence-electron chi connectivity index (χ2n) is 9.26. The number of hydrogen-bond donors (Lipinski definition) is 2. The van der Waals surface area contributed by atoms with Gasteiger partial charge >= 0.3 is 5.95 Å². The number of pyridine rings is 2. The standard InChI is InChI=1S/C24H29N7O4/c1-15-19-13-25-24(26-20-8-7-18(14-30(20)35)28-9-11-29(34)12-10-28)27-22(19)31(17-5-3-4-6-17)23(33)21(15)16(2)32/h7-8,13-14,17,34H,3-6,9-12H2,1-2H3,(H,25,26,27). The van der Waals surface area contributed by atoms with Crippen LogP contribution in [0.5, 0.6) is 0 Å². The summed E-state index contributed by atoms with van der Waals surface area (Å²) in [4.78, 5) is 36.7. The molecule has 2 N–H and O–H groups in total. The van der Waals surface area contributed by atoms with Gasteiger partial charge in [-0.15, -0.1) is 0 Å². The maximum Gasteiger partial charge on any atom is 0.320 e. The summed E-state index contributed by atoms with van der Waals surface area (Å²) in [5.74, 6) is 0.182. The zero-order valence-corrected chi connectivity index (χ0v) is 19.9. The minimum Gasteiger partial charge on any atom is -0.711 e. The molecule has 2 fully saturated rings. The van der Waals surface area contributed by atoms with E-state index in [1.54, 1.807) is 23.8 Å². The van der Waals surface area contributed by atoms with Gasteiger partial charge in [-0.3, -0.25) is 14.2 Å². The molecular formula is C24H29N7O4. The van der Waals surface area contributed by atoms with Crippen molar-refractivity contribution < 1.29 is 14.7 Å². The first-order valence-electron chi connectivity index (χ1n) is 12.0. The van der Waals surface area contributed by atoms with Crippen LogP contribution in [0.3, 0.4) is 0 Å². The number of hydroxylamine groups is 2. The van der Waals surface area contributed by atoms with Crippen LogP contribution in [0, 0.1) is 12.1 Å². The van der Waals surface area contributed by atoms with Crippen molar-refractivity contribution in [3.63, 3.8) is 0 Å². The molecule has 0 amide bonds. The summed E-state index contributed by atoms with van der Waals surface area (Å²) in [6.07, 6.45) is 6.84. The van der Waals surface area contributed by atoms with Gasteiger partial charge in [0.2, 0.25) is 0 Å². The molecule has 35 heavy (non-hydrogen) atoms. The van der Waals surface area contributed by atoms with E-state index in [4.69, 9.17) is 0 Å². The van der Waals surface area contributed by atoms with Gasteiger partial charge in [-0.25, -0.2) is 10.0 Å². The zero-order valence-electron chi connectivity index (χ0n) is 19.9. The number of aryl methyl sites for hydroxylation is 1. The number of nitrogens with one attached hydrogen (secondary N) is 1. The Hall–Kier alpha value is -3.57. The lowest BCUT2D eigenvalue weighted by Gasteiger charge is -2.32. The molecule has 3 aromatic rings. The van der Waals surface area contributed by atoms with Crippen LogP contribution in [0.4, 0.5) is 17.5 Å². The van der Waals surface area contributed by atoms with Crippen molar-refractivity contribution in [3.05, 3.63) is 51.2 Å². The first-order valence-corrected chi connectivity index (χ1v) is 12.0. The summed E-state index contributed by atoms with van der Waals surface area (Å²) >= 11 is 0. The number of rotatable bonds is 5. The van der Waals surface area contributed by atoms with E-state index in [2.05, 4.69) is 15.3 Å². The first-order chi connectivity index (χ1) is 16.8. The third-order valence-corrected chi connectivity index (χ3v) is 7.01. The van der Waals surface area contributed by atoms with Crippen molar-refractivity contribution in [1.82, 2.24) is 19.6 Å². The molecular weight excluding hydrogens is 450 g/mol. The van der Waals surface area contributed by atoms with Gasteiger partial charge in [-0.1, -0.05) is 12.8 Å². The van der Waals surface area contributed by atoms with Gasteiger partial charge in [0.25, 0.3) is 11.4 Å². The van der Waals surface area contributed by atoms with Gasteiger partial charge in [0, 0.05) is 49.9 Å². The first kappa shape index (κ1) is 23.2. The number of piperazine rings is 1. The molecule has 0 radical (unpaired) electrons. The van der Waals surface area contributed by atoms with Crippen molar-refractivity contribution in [1.29, 1.82) is 0 Å². The Labute approximate surface area is 202 Å². The molecule has 1 saturated heterocycles. The van der Waals surface area contributed by atoms with Crippen molar-refractivity contribution in [2.45, 2.75) is 45.6 Å². The normalized spacial score (nSPS) is 17.3. The molecule has 5 rings (SSSR count). The lowest BCUT2D eigenvalue weighted by molar-refractivity contribution is -0.589. The van der Waals surface area contributed by atoms with Crippen LogP contribution in [0.2, 0.25) is 0 Å². The third-order valence-electron chi connectivity index (χ3n) is 7.01. The van der Waals surface area contributed by atoms with Gasteiger partial charge in [0.05, 0.1) is 11.3 Å². The number of Topliss-reactive ketones (excluding diaryl/α,β-unsaturated/α-hetero) is 1. The number of hydrogen-bond acceptors (Lipinski definition) is 9. The van der Waals surface area contributed by atoms with E-state index in [0.717, 1.165) is 36.1 Å². The van der Waals surface area contributed by atoms with Gasteiger partial charge in [-0.2, -0.15) is 15.0 Å². The van der Waals surface area contributed by atoms with E-state index >= 15 is 0 Å². The Morgan fingerprint density at radius 2 is 1.91 bits per heavy atom. The van der Waals surface area contributed by atoms with Crippen LogP contribution in [0.15, 0.2) is 29.3 Å². The highest BCUT2D eigenvalue weighted by Gasteiger charge is 2.26. The van der Waals surface area contributed by atoms with Gasteiger partial charge in [-0.05, 0) is 38.3 Å². The highest BCUT2D eigenvalue weighted by molar-refractivity contribution is 5.99. The van der Waals surface area contributed by atoms with Crippen LogP contribution in [-0.4, -0.2) is 56.8 Å². The third kappa shape index (κ3) is 4.32. The average Bonchev–Trinajstić information content (AvgIpc) is 3.35. The molecule has 11 nitrogen and oxygen atoms in total. The Balaban J connectivity index is 1.51. The number of aromatic nitrogens is 4. The predicted molar refractivity (Wildman–Crippen MR) is 130 cm³/mol. The van der Waals surface area contributed by atoms with Crippen LogP contribution in [0.1, 0.15) is 54.6 Å². The fraction of sp³-hybridized carbons (Fsp3) is 0.458. The predicted octanol–water partition coefficient (Wildman–Crippen LogP) is 2.31. The maximum absolute atomic E-state index is 13.3. The summed E-state index contributed by atoms with van der Waals surface area (Å²) in [6, 6.07) is 3.48. The van der Waals surface area contributed by atoms with Crippen LogP contribution in [-0.2, 0) is 0 Å². The van der Waals surface area contributed by atoms with Crippen molar-refractivity contribution in [3.8, 4) is 0 Å². The number of anilines is 3. The average molecular weight is 480 g/mol. The van der Waals surface area contributed by atoms with E-state index in [-0.39, 0.29) is 34.7 Å². The van der Waals surface area contributed by atoms with Crippen LogP contribution < -0.4 is 20.5 Å². The molecule has 0 atom stereocenters. The zero-order chi connectivity index (χ0) is 24.7. The van der Waals surface area contributed by atoms with Gasteiger partial charge < -0.3 is 15.3 Å². The molecule has 184 valence electrons. The Morgan fingerprint density at radius 3 is 2.57 bits per heavy atom. The molecule has 0 aromatic carbocycles. The lowest BCUT2D eigenvalue weighted by atomic mass is 10.0. The Kier molecular flexibility index (Phi) is 6.12. The molecule has 1 saturated carbocycles. The SMILES string of the molecule is CC(=O)c1c(C)c2cnc(Nc3ccc(N4CCN(O)CC4)c[n+]3[O-])nc2n(C2CCCC2)c1=O.